The van der Waals surface area contributed by atoms with Gasteiger partial charge in [-0.1, -0.05) is 97.1 Å². The molecule has 7 rings (SSSR count). The third-order valence-corrected chi connectivity index (χ3v) is 8.01. The van der Waals surface area contributed by atoms with Crippen LogP contribution in [0.3, 0.4) is 0 Å². The fraction of sp³-hybridized carbons (Fsp3) is 0. The summed E-state index contributed by atoms with van der Waals surface area (Å²) in [5, 5.41) is 35.3. The predicted molar refractivity (Wildman–Crippen MR) is 180 cm³/mol. The highest BCUT2D eigenvalue weighted by atomic mass is 16.3. The van der Waals surface area contributed by atoms with Crippen molar-refractivity contribution in [2.75, 3.05) is 4.90 Å². The molecule has 4 nitrogen and oxygen atoms in total. The quantitative estimate of drug-likeness (QED) is 0.167. The van der Waals surface area contributed by atoms with Crippen LogP contribution in [0.15, 0.2) is 133 Å². The molecule has 7 aromatic rings. The van der Waals surface area contributed by atoms with E-state index >= 15 is 0 Å². The molecular weight excluding hydrogens is 538 g/mol. The molecular formula is C40H25N3O. The van der Waals surface area contributed by atoms with Crippen molar-refractivity contribution in [1.29, 1.82) is 10.5 Å². The smallest absolute Gasteiger partial charge is 0.115 e. The van der Waals surface area contributed by atoms with Gasteiger partial charge in [-0.25, -0.2) is 0 Å². The lowest BCUT2D eigenvalue weighted by Crippen LogP contribution is -2.10. The minimum absolute atomic E-state index is 0.222. The summed E-state index contributed by atoms with van der Waals surface area (Å²) in [7, 11) is 0. The fourth-order valence-corrected chi connectivity index (χ4v) is 5.90. The van der Waals surface area contributed by atoms with Gasteiger partial charge in [-0.3, -0.25) is 0 Å². The lowest BCUT2D eigenvalue weighted by Gasteiger charge is -2.27. The standard InChI is InChI=1S/C40H25N3O/c41-25-38-34-9-3-4-10-35(34)39(26-42)37-24-28(16-23-36(37)38)13-12-27-14-17-30(18-15-27)43(31-19-21-32(44)22-20-31)40-11-5-7-29-6-1-2-8-33(29)40/h1-24,44H. The zero-order chi connectivity index (χ0) is 30.0. The Morgan fingerprint density at radius 1 is 0.500 bits per heavy atom. The SMILES string of the molecule is N#Cc1c2ccccc2c(C#N)c2cc(C=Cc3ccc(N(c4ccc(O)cc4)c4cccc5ccccc45)cc3)ccc12. The van der Waals surface area contributed by atoms with Crippen molar-refractivity contribution < 1.29 is 5.11 Å². The summed E-state index contributed by atoms with van der Waals surface area (Å²) in [4.78, 5) is 2.19. The second kappa shape index (κ2) is 11.1. The second-order valence-electron chi connectivity index (χ2n) is 10.6. The van der Waals surface area contributed by atoms with Crippen LogP contribution in [0.1, 0.15) is 22.3 Å². The fourth-order valence-electron chi connectivity index (χ4n) is 5.90. The molecule has 0 spiro atoms. The molecule has 4 heteroatoms. The van der Waals surface area contributed by atoms with E-state index in [1.807, 2.05) is 78.9 Å². The second-order valence-corrected chi connectivity index (χ2v) is 10.6. The highest BCUT2D eigenvalue weighted by Gasteiger charge is 2.16. The molecule has 206 valence electrons. The number of aromatic hydroxyl groups is 1. The Balaban J connectivity index is 1.26. The molecule has 0 radical (unpaired) electrons. The van der Waals surface area contributed by atoms with Gasteiger partial charge in [-0.05, 0) is 65.0 Å². The molecule has 0 aliphatic rings. The Morgan fingerprint density at radius 3 is 1.70 bits per heavy atom. The molecule has 0 unspecified atom stereocenters. The van der Waals surface area contributed by atoms with E-state index in [1.165, 1.54) is 0 Å². The molecule has 0 aliphatic heterocycles. The molecule has 0 saturated carbocycles. The van der Waals surface area contributed by atoms with Crippen LogP contribution < -0.4 is 4.90 Å². The first-order valence-electron chi connectivity index (χ1n) is 14.3. The highest BCUT2D eigenvalue weighted by molar-refractivity contribution is 6.10. The van der Waals surface area contributed by atoms with Crippen molar-refractivity contribution >= 4 is 61.5 Å². The molecule has 0 aromatic heterocycles. The van der Waals surface area contributed by atoms with E-state index in [9.17, 15) is 15.6 Å². The van der Waals surface area contributed by atoms with Gasteiger partial charge in [0.05, 0.1) is 16.8 Å². The van der Waals surface area contributed by atoms with E-state index in [1.54, 1.807) is 12.1 Å². The van der Waals surface area contributed by atoms with Crippen LogP contribution in [0.25, 0.3) is 44.5 Å². The first kappa shape index (κ1) is 26.5. The van der Waals surface area contributed by atoms with Crippen molar-refractivity contribution in [1.82, 2.24) is 0 Å². The first-order chi connectivity index (χ1) is 21.6. The van der Waals surface area contributed by atoms with E-state index in [-0.39, 0.29) is 5.75 Å². The molecule has 0 bridgehead atoms. The minimum atomic E-state index is 0.222. The Labute approximate surface area is 255 Å². The van der Waals surface area contributed by atoms with Gasteiger partial charge >= 0.3 is 0 Å². The van der Waals surface area contributed by atoms with Crippen LogP contribution in [0.2, 0.25) is 0 Å². The number of phenolic OH excluding ortho intramolecular Hbond substituents is 1. The van der Waals surface area contributed by atoms with Gasteiger partial charge in [-0.2, -0.15) is 10.5 Å². The Bertz CT molecular complexity index is 2300. The zero-order valence-corrected chi connectivity index (χ0v) is 23.6. The van der Waals surface area contributed by atoms with E-state index in [0.29, 0.717) is 11.1 Å². The molecule has 0 fully saturated rings. The van der Waals surface area contributed by atoms with Crippen LogP contribution in [0, 0.1) is 22.7 Å². The summed E-state index contributed by atoms with van der Waals surface area (Å²) in [6.45, 7) is 0. The summed E-state index contributed by atoms with van der Waals surface area (Å²) >= 11 is 0. The van der Waals surface area contributed by atoms with E-state index < -0.39 is 0 Å². The topological polar surface area (TPSA) is 71.0 Å². The Hall–Kier alpha value is -6.36. The summed E-state index contributed by atoms with van der Waals surface area (Å²) in [6.07, 6.45) is 4.07. The monoisotopic (exact) mass is 563 g/mol. The maximum absolute atomic E-state index is 10.0. The first-order valence-corrected chi connectivity index (χ1v) is 14.3. The van der Waals surface area contributed by atoms with Gasteiger partial charge in [0.25, 0.3) is 0 Å². The maximum atomic E-state index is 10.0. The van der Waals surface area contributed by atoms with Crippen molar-refractivity contribution in [2.45, 2.75) is 0 Å². The number of rotatable bonds is 5. The molecule has 7 aromatic carbocycles. The van der Waals surface area contributed by atoms with E-state index in [2.05, 4.69) is 71.6 Å². The van der Waals surface area contributed by atoms with Crippen molar-refractivity contribution in [3.63, 3.8) is 0 Å². The third kappa shape index (κ3) is 4.68. The number of hydrogen-bond acceptors (Lipinski definition) is 4. The number of hydrogen-bond donors (Lipinski definition) is 1. The van der Waals surface area contributed by atoms with Gasteiger partial charge in [0.1, 0.15) is 17.9 Å². The molecule has 0 atom stereocenters. The number of phenols is 1. The normalized spacial score (nSPS) is 11.1. The lowest BCUT2D eigenvalue weighted by atomic mass is 9.91. The molecule has 0 amide bonds. The summed E-state index contributed by atoms with van der Waals surface area (Å²) < 4.78 is 0. The van der Waals surface area contributed by atoms with Crippen LogP contribution in [-0.2, 0) is 0 Å². The number of fused-ring (bicyclic) bond motifs is 3. The lowest BCUT2D eigenvalue weighted by molar-refractivity contribution is 0.475. The van der Waals surface area contributed by atoms with Gasteiger partial charge < -0.3 is 10.0 Å². The summed E-state index contributed by atoms with van der Waals surface area (Å²) in [5.41, 5.74) is 6.11. The molecule has 44 heavy (non-hydrogen) atoms. The van der Waals surface area contributed by atoms with Crippen molar-refractivity contribution in [2.24, 2.45) is 0 Å². The minimum Gasteiger partial charge on any atom is -0.508 e. The van der Waals surface area contributed by atoms with Crippen molar-refractivity contribution in [3.8, 4) is 17.9 Å². The molecule has 0 heterocycles. The molecule has 0 aliphatic carbocycles. The van der Waals surface area contributed by atoms with E-state index in [4.69, 9.17) is 0 Å². The Morgan fingerprint density at radius 2 is 1.02 bits per heavy atom. The molecule has 0 saturated heterocycles. The van der Waals surface area contributed by atoms with E-state index in [0.717, 1.165) is 60.5 Å². The predicted octanol–water partition coefficient (Wildman–Crippen LogP) is 10.2. The average molecular weight is 564 g/mol. The number of nitrogens with zero attached hydrogens (tertiary/aromatic N) is 3. The van der Waals surface area contributed by atoms with Crippen LogP contribution in [0.4, 0.5) is 17.1 Å². The van der Waals surface area contributed by atoms with Crippen LogP contribution in [0.5, 0.6) is 5.75 Å². The maximum Gasteiger partial charge on any atom is 0.115 e. The van der Waals surface area contributed by atoms with Gasteiger partial charge in [0, 0.05) is 38.3 Å². The number of nitriles is 2. The van der Waals surface area contributed by atoms with Gasteiger partial charge in [0.15, 0.2) is 0 Å². The summed E-state index contributed by atoms with van der Waals surface area (Å²) in [6, 6.07) is 48.4. The highest BCUT2D eigenvalue weighted by Crippen LogP contribution is 2.39. The van der Waals surface area contributed by atoms with Crippen LogP contribution in [-0.4, -0.2) is 5.11 Å². The molecule has 1 N–H and O–H groups in total. The van der Waals surface area contributed by atoms with Gasteiger partial charge in [-0.15, -0.1) is 0 Å². The van der Waals surface area contributed by atoms with Crippen molar-refractivity contribution in [3.05, 3.63) is 156 Å². The zero-order valence-electron chi connectivity index (χ0n) is 23.6. The third-order valence-electron chi connectivity index (χ3n) is 8.01. The largest absolute Gasteiger partial charge is 0.508 e. The average Bonchev–Trinajstić information content (AvgIpc) is 3.07. The van der Waals surface area contributed by atoms with Crippen LogP contribution >= 0.6 is 0 Å². The number of benzene rings is 7. The summed E-state index contributed by atoms with van der Waals surface area (Å²) in [5.74, 6) is 0.222. The van der Waals surface area contributed by atoms with Gasteiger partial charge in [0.2, 0.25) is 0 Å². The number of anilines is 3. The Kier molecular flexibility index (Phi) is 6.72.